The van der Waals surface area contributed by atoms with Crippen LogP contribution in [0.25, 0.3) is 0 Å². The molecule has 8 heteroatoms. The van der Waals surface area contributed by atoms with E-state index in [9.17, 15) is 4.79 Å². The van der Waals surface area contributed by atoms with Gasteiger partial charge in [-0.3, -0.25) is 4.79 Å². The lowest BCUT2D eigenvalue weighted by Gasteiger charge is -2.34. The molecule has 2 heterocycles. The number of aromatic nitrogens is 1. The first kappa shape index (κ1) is 27.5. The van der Waals surface area contributed by atoms with Gasteiger partial charge in [0.15, 0.2) is 5.96 Å². The fourth-order valence-electron chi connectivity index (χ4n) is 3.62. The maximum atomic E-state index is 12.6. The molecule has 0 atom stereocenters. The molecule has 2 N–H and O–H groups in total. The summed E-state index contributed by atoms with van der Waals surface area (Å²) in [6.07, 6.45) is 6.52. The van der Waals surface area contributed by atoms with E-state index in [2.05, 4.69) is 43.3 Å². The third-order valence-electron chi connectivity index (χ3n) is 5.50. The highest BCUT2D eigenvalue weighted by Crippen LogP contribution is 2.17. The Hall–Kier alpha value is -1.58. The highest BCUT2D eigenvalue weighted by Gasteiger charge is 2.26. The molecule has 1 aromatic rings. The molecule has 1 aliphatic rings. The van der Waals surface area contributed by atoms with Crippen LogP contribution in [-0.4, -0.2) is 54.0 Å². The van der Waals surface area contributed by atoms with Crippen molar-refractivity contribution in [2.75, 3.05) is 26.2 Å². The number of aliphatic imine (C=N–C) groups is 1. The number of guanidine groups is 1. The second kappa shape index (κ2) is 15.3. The quantitative estimate of drug-likeness (QED) is 0.264. The largest absolute Gasteiger partial charge is 0.478 e. The van der Waals surface area contributed by atoms with Crippen LogP contribution in [0.3, 0.4) is 0 Å². The van der Waals surface area contributed by atoms with E-state index in [0.717, 1.165) is 63.3 Å². The van der Waals surface area contributed by atoms with Gasteiger partial charge in [0.2, 0.25) is 11.8 Å². The van der Waals surface area contributed by atoms with Gasteiger partial charge in [0.1, 0.15) is 0 Å². The molecular weight excluding hydrogens is 505 g/mol. The Morgan fingerprint density at radius 2 is 1.94 bits per heavy atom. The third kappa shape index (κ3) is 9.21. The van der Waals surface area contributed by atoms with Gasteiger partial charge >= 0.3 is 0 Å². The van der Waals surface area contributed by atoms with Crippen molar-refractivity contribution in [3.8, 4) is 5.88 Å². The third-order valence-corrected chi connectivity index (χ3v) is 5.50. The van der Waals surface area contributed by atoms with Crippen LogP contribution in [0.1, 0.15) is 65.4 Å². The molecule has 0 spiro atoms. The van der Waals surface area contributed by atoms with Crippen LogP contribution in [-0.2, 0) is 11.3 Å². The molecule has 176 valence electrons. The second-order valence-corrected chi connectivity index (χ2v) is 7.81. The van der Waals surface area contributed by atoms with E-state index in [1.54, 1.807) is 0 Å². The minimum Gasteiger partial charge on any atom is -0.478 e. The highest BCUT2D eigenvalue weighted by molar-refractivity contribution is 14.0. The van der Waals surface area contributed by atoms with Gasteiger partial charge in [0, 0.05) is 43.9 Å². The number of hydrogen-bond donors (Lipinski definition) is 2. The molecule has 1 aromatic heterocycles. The Morgan fingerprint density at radius 3 is 2.48 bits per heavy atom. The summed E-state index contributed by atoms with van der Waals surface area (Å²) < 4.78 is 5.53. The lowest BCUT2D eigenvalue weighted by atomic mass is 9.98. The molecule has 0 saturated carbocycles. The fourth-order valence-corrected chi connectivity index (χ4v) is 3.62. The molecule has 1 amide bonds. The van der Waals surface area contributed by atoms with Crippen molar-refractivity contribution in [1.82, 2.24) is 20.5 Å². The summed E-state index contributed by atoms with van der Waals surface area (Å²) in [7, 11) is 0. The van der Waals surface area contributed by atoms with Gasteiger partial charge in [0.05, 0.1) is 13.2 Å². The van der Waals surface area contributed by atoms with E-state index in [-0.39, 0.29) is 29.9 Å². The smallest absolute Gasteiger partial charge is 0.225 e. The van der Waals surface area contributed by atoms with E-state index in [1.807, 2.05) is 23.2 Å². The number of piperidine rings is 1. The first-order valence-corrected chi connectivity index (χ1v) is 11.5. The zero-order chi connectivity index (χ0) is 21.8. The molecule has 0 bridgehead atoms. The molecule has 0 aliphatic carbocycles. The maximum Gasteiger partial charge on any atom is 0.225 e. The SMILES string of the molecule is CCCOc1ccc(CN=C(NCC)NC2CCN(C(=O)C(CC)CC)CC2)cn1.I. The monoisotopic (exact) mass is 545 g/mol. The molecule has 7 nitrogen and oxygen atoms in total. The van der Waals surface area contributed by atoms with Crippen molar-refractivity contribution < 1.29 is 9.53 Å². The number of nitrogens with one attached hydrogen (secondary N) is 2. The van der Waals surface area contributed by atoms with E-state index in [0.29, 0.717) is 31.0 Å². The lowest BCUT2D eigenvalue weighted by Crippen LogP contribution is -2.50. The number of hydrogen-bond acceptors (Lipinski definition) is 4. The van der Waals surface area contributed by atoms with Crippen molar-refractivity contribution in [2.45, 2.75) is 72.4 Å². The fraction of sp³-hybridized carbons (Fsp3) is 0.696. The van der Waals surface area contributed by atoms with Crippen molar-refractivity contribution >= 4 is 35.8 Å². The molecule has 0 aromatic carbocycles. The standard InChI is InChI=1S/C23H39N5O2.HI/c1-5-15-30-21-10-9-18(16-25-21)17-26-23(24-8-4)27-20-11-13-28(14-12-20)22(29)19(6-2)7-3;/h9-10,16,19-20H,5-8,11-15,17H2,1-4H3,(H2,24,26,27);1H. The summed E-state index contributed by atoms with van der Waals surface area (Å²) in [6.45, 7) is 12.0. The minimum atomic E-state index is 0. The summed E-state index contributed by atoms with van der Waals surface area (Å²) in [4.78, 5) is 23.7. The summed E-state index contributed by atoms with van der Waals surface area (Å²) in [5.74, 6) is 1.96. The number of ether oxygens (including phenoxy) is 1. The topological polar surface area (TPSA) is 78.9 Å². The summed E-state index contributed by atoms with van der Waals surface area (Å²) in [5, 5.41) is 6.86. The van der Waals surface area contributed by atoms with Gasteiger partial charge in [-0.15, -0.1) is 24.0 Å². The van der Waals surface area contributed by atoms with Gasteiger partial charge in [-0.05, 0) is 44.6 Å². The van der Waals surface area contributed by atoms with E-state index >= 15 is 0 Å². The van der Waals surface area contributed by atoms with Crippen LogP contribution in [0.2, 0.25) is 0 Å². The molecule has 0 radical (unpaired) electrons. The number of carbonyl (C=O) groups is 1. The van der Waals surface area contributed by atoms with Gasteiger partial charge < -0.3 is 20.3 Å². The van der Waals surface area contributed by atoms with Crippen LogP contribution >= 0.6 is 24.0 Å². The first-order valence-electron chi connectivity index (χ1n) is 11.5. The van der Waals surface area contributed by atoms with Crippen LogP contribution in [0.5, 0.6) is 5.88 Å². The number of halogens is 1. The molecule has 2 rings (SSSR count). The zero-order valence-electron chi connectivity index (χ0n) is 19.5. The Balaban J connectivity index is 0.00000480. The van der Waals surface area contributed by atoms with Crippen molar-refractivity contribution in [1.29, 1.82) is 0 Å². The molecular formula is C23H40IN5O2. The highest BCUT2D eigenvalue weighted by atomic mass is 127. The maximum absolute atomic E-state index is 12.6. The van der Waals surface area contributed by atoms with Crippen LogP contribution < -0.4 is 15.4 Å². The van der Waals surface area contributed by atoms with Gasteiger partial charge in [-0.2, -0.15) is 0 Å². The zero-order valence-corrected chi connectivity index (χ0v) is 21.9. The summed E-state index contributed by atoms with van der Waals surface area (Å²) in [6, 6.07) is 4.23. The predicted octanol–water partition coefficient (Wildman–Crippen LogP) is 3.97. The number of likely N-dealkylation sites (tertiary alicyclic amines) is 1. The molecule has 31 heavy (non-hydrogen) atoms. The Bertz CT molecular complexity index is 656. The minimum absolute atomic E-state index is 0. The Labute approximate surface area is 204 Å². The van der Waals surface area contributed by atoms with E-state index in [4.69, 9.17) is 9.73 Å². The van der Waals surface area contributed by atoms with Gasteiger partial charge in [-0.1, -0.05) is 26.8 Å². The molecule has 0 unspecified atom stereocenters. The Kier molecular flexibility index (Phi) is 13.5. The number of pyridine rings is 1. The van der Waals surface area contributed by atoms with E-state index < -0.39 is 0 Å². The molecule has 1 fully saturated rings. The van der Waals surface area contributed by atoms with Gasteiger partial charge in [-0.25, -0.2) is 9.98 Å². The van der Waals surface area contributed by atoms with Crippen LogP contribution in [0.15, 0.2) is 23.3 Å². The second-order valence-electron chi connectivity index (χ2n) is 7.81. The van der Waals surface area contributed by atoms with Crippen molar-refractivity contribution in [3.63, 3.8) is 0 Å². The number of nitrogens with zero attached hydrogens (tertiary/aromatic N) is 3. The average Bonchev–Trinajstić information content (AvgIpc) is 2.78. The number of amides is 1. The number of carbonyl (C=O) groups excluding carboxylic acids is 1. The normalized spacial score (nSPS) is 14.9. The van der Waals surface area contributed by atoms with Crippen LogP contribution in [0, 0.1) is 5.92 Å². The van der Waals surface area contributed by atoms with Crippen molar-refractivity contribution in [2.24, 2.45) is 10.9 Å². The summed E-state index contributed by atoms with van der Waals surface area (Å²) >= 11 is 0. The van der Waals surface area contributed by atoms with E-state index in [1.165, 1.54) is 0 Å². The number of rotatable bonds is 10. The lowest BCUT2D eigenvalue weighted by molar-refractivity contribution is -0.136. The average molecular weight is 546 g/mol. The van der Waals surface area contributed by atoms with Crippen molar-refractivity contribution in [3.05, 3.63) is 23.9 Å². The Morgan fingerprint density at radius 1 is 1.23 bits per heavy atom. The summed E-state index contributed by atoms with van der Waals surface area (Å²) in [5.41, 5.74) is 1.04. The molecule has 1 aliphatic heterocycles. The predicted molar refractivity (Wildman–Crippen MR) is 137 cm³/mol. The van der Waals surface area contributed by atoms with Gasteiger partial charge in [0.25, 0.3) is 0 Å². The molecule has 1 saturated heterocycles. The first-order chi connectivity index (χ1) is 14.6. The van der Waals surface area contributed by atoms with Crippen LogP contribution in [0.4, 0.5) is 0 Å².